The van der Waals surface area contributed by atoms with Gasteiger partial charge in [-0.1, -0.05) is 11.6 Å². The minimum Gasteiger partial charge on any atom is -0.507 e. The van der Waals surface area contributed by atoms with E-state index in [-0.39, 0.29) is 16.9 Å². The van der Waals surface area contributed by atoms with Crippen molar-refractivity contribution in [2.75, 3.05) is 7.11 Å². The lowest BCUT2D eigenvalue weighted by Crippen LogP contribution is -2.11. The molecular formula is C13H12N2O4. The van der Waals surface area contributed by atoms with Gasteiger partial charge in [0.25, 0.3) is 0 Å². The fourth-order valence-corrected chi connectivity index (χ4v) is 1.62. The second kappa shape index (κ2) is 4.93. The van der Waals surface area contributed by atoms with Gasteiger partial charge in [-0.2, -0.15) is 9.78 Å². The molecule has 6 heteroatoms. The maximum Gasteiger partial charge on any atom is 0.434 e. The molecule has 0 amide bonds. The van der Waals surface area contributed by atoms with Crippen LogP contribution >= 0.6 is 0 Å². The average molecular weight is 260 g/mol. The smallest absolute Gasteiger partial charge is 0.434 e. The molecule has 0 atom stereocenters. The van der Waals surface area contributed by atoms with Crippen molar-refractivity contribution in [3.8, 4) is 5.75 Å². The van der Waals surface area contributed by atoms with E-state index in [1.807, 2.05) is 6.92 Å². The zero-order valence-corrected chi connectivity index (χ0v) is 10.5. The number of hydrogen-bond donors (Lipinski definition) is 1. The molecule has 19 heavy (non-hydrogen) atoms. The molecule has 1 aromatic heterocycles. The van der Waals surface area contributed by atoms with Gasteiger partial charge < -0.3 is 9.84 Å². The number of rotatable bonds is 2. The number of ketones is 1. The highest BCUT2D eigenvalue weighted by atomic mass is 16.5. The van der Waals surface area contributed by atoms with Gasteiger partial charge in [0, 0.05) is 6.20 Å². The summed E-state index contributed by atoms with van der Waals surface area (Å²) in [4.78, 5) is 23.4. The van der Waals surface area contributed by atoms with Crippen molar-refractivity contribution >= 4 is 11.9 Å². The first-order valence-corrected chi connectivity index (χ1v) is 5.50. The van der Waals surface area contributed by atoms with E-state index in [9.17, 15) is 14.7 Å². The number of phenols is 1. The van der Waals surface area contributed by atoms with Crippen LogP contribution < -0.4 is 0 Å². The highest BCUT2D eigenvalue weighted by molar-refractivity contribution is 6.10. The van der Waals surface area contributed by atoms with Gasteiger partial charge in [0.2, 0.25) is 0 Å². The summed E-state index contributed by atoms with van der Waals surface area (Å²) in [5.74, 6) is -0.516. The maximum atomic E-state index is 12.2. The molecular weight excluding hydrogens is 248 g/mol. The van der Waals surface area contributed by atoms with Gasteiger partial charge in [0.1, 0.15) is 5.75 Å². The molecule has 0 spiro atoms. The fourth-order valence-electron chi connectivity index (χ4n) is 1.62. The van der Waals surface area contributed by atoms with Crippen molar-refractivity contribution in [3.05, 3.63) is 47.3 Å². The molecule has 2 aromatic rings. The first-order chi connectivity index (χ1) is 9.02. The molecule has 0 aliphatic heterocycles. The molecule has 98 valence electrons. The van der Waals surface area contributed by atoms with Crippen LogP contribution in [0.2, 0.25) is 0 Å². The molecule has 6 nitrogen and oxygen atoms in total. The van der Waals surface area contributed by atoms with Crippen LogP contribution in [0.25, 0.3) is 0 Å². The molecule has 0 unspecified atom stereocenters. The highest BCUT2D eigenvalue weighted by Gasteiger charge is 2.17. The summed E-state index contributed by atoms with van der Waals surface area (Å²) in [7, 11) is 1.22. The molecule has 2 rings (SSSR count). The minimum absolute atomic E-state index is 0.110. The molecule has 0 radical (unpaired) electrons. The highest BCUT2D eigenvalue weighted by Crippen LogP contribution is 2.21. The number of nitrogens with zero attached hydrogens (tertiary/aromatic N) is 2. The van der Waals surface area contributed by atoms with E-state index in [0.29, 0.717) is 0 Å². The number of phenolic OH excluding ortho intramolecular Hbond substituents is 1. The van der Waals surface area contributed by atoms with Gasteiger partial charge in [-0.15, -0.1) is 0 Å². The van der Waals surface area contributed by atoms with Gasteiger partial charge in [0.15, 0.2) is 5.78 Å². The fraction of sp³-hybridized carbons (Fsp3) is 0.154. The van der Waals surface area contributed by atoms with Gasteiger partial charge in [-0.05, 0) is 19.1 Å². The quantitative estimate of drug-likeness (QED) is 0.832. The second-order valence-electron chi connectivity index (χ2n) is 3.99. The topological polar surface area (TPSA) is 81.4 Å². The third-order valence-electron chi connectivity index (χ3n) is 2.60. The average Bonchev–Trinajstić information content (AvgIpc) is 2.89. The number of aromatic hydroxyl groups is 1. The third kappa shape index (κ3) is 2.47. The van der Waals surface area contributed by atoms with E-state index in [0.717, 1.165) is 10.2 Å². The Kier molecular flexibility index (Phi) is 3.33. The zero-order valence-electron chi connectivity index (χ0n) is 10.5. The van der Waals surface area contributed by atoms with E-state index in [2.05, 4.69) is 9.84 Å². The Morgan fingerprint density at radius 3 is 2.79 bits per heavy atom. The summed E-state index contributed by atoms with van der Waals surface area (Å²) < 4.78 is 5.40. The van der Waals surface area contributed by atoms with Crippen molar-refractivity contribution in [2.24, 2.45) is 0 Å². The molecule has 0 aliphatic rings. The monoisotopic (exact) mass is 260 g/mol. The van der Waals surface area contributed by atoms with Crippen molar-refractivity contribution in [1.82, 2.24) is 9.78 Å². The Morgan fingerprint density at radius 1 is 1.37 bits per heavy atom. The first-order valence-electron chi connectivity index (χ1n) is 5.50. The van der Waals surface area contributed by atoms with E-state index in [1.165, 1.54) is 25.6 Å². The summed E-state index contributed by atoms with van der Waals surface area (Å²) in [5.41, 5.74) is 1.22. The summed E-state index contributed by atoms with van der Waals surface area (Å²) in [6, 6.07) is 4.73. The summed E-state index contributed by atoms with van der Waals surface area (Å²) >= 11 is 0. The van der Waals surface area contributed by atoms with E-state index >= 15 is 0 Å². The van der Waals surface area contributed by atoms with Crippen molar-refractivity contribution in [1.29, 1.82) is 0 Å². The SMILES string of the molecule is COC(=O)n1cc(C(=O)c2cc(C)ccc2O)cn1. The summed E-state index contributed by atoms with van der Waals surface area (Å²) in [6.45, 7) is 1.81. The number of benzene rings is 1. The molecule has 0 bridgehead atoms. The number of methoxy groups -OCH3 is 1. The van der Waals surface area contributed by atoms with Crippen LogP contribution in [-0.2, 0) is 4.74 Å². The normalized spacial score (nSPS) is 10.2. The molecule has 0 fully saturated rings. The number of carbonyl (C=O) groups excluding carboxylic acids is 2. The number of carbonyl (C=O) groups is 2. The number of hydrogen-bond acceptors (Lipinski definition) is 5. The molecule has 0 saturated heterocycles. The molecule has 1 aromatic carbocycles. The number of aromatic nitrogens is 2. The first kappa shape index (κ1) is 12.8. The predicted molar refractivity (Wildman–Crippen MR) is 66.3 cm³/mol. The Bertz CT molecular complexity index is 646. The van der Waals surface area contributed by atoms with Gasteiger partial charge in [0.05, 0.1) is 24.4 Å². The maximum absolute atomic E-state index is 12.2. The second-order valence-corrected chi connectivity index (χ2v) is 3.99. The third-order valence-corrected chi connectivity index (χ3v) is 2.60. The standard InChI is InChI=1S/C13H12N2O4/c1-8-3-4-11(16)10(5-8)12(17)9-6-14-15(7-9)13(18)19-2/h3-7,16H,1-2H3. The van der Waals surface area contributed by atoms with E-state index < -0.39 is 11.9 Å². The molecule has 1 N–H and O–H groups in total. The van der Waals surface area contributed by atoms with Crippen LogP contribution in [0.4, 0.5) is 4.79 Å². The van der Waals surface area contributed by atoms with Gasteiger partial charge in [-0.3, -0.25) is 4.79 Å². The van der Waals surface area contributed by atoms with Gasteiger partial charge in [-0.25, -0.2) is 4.79 Å². The molecule has 1 heterocycles. The lowest BCUT2D eigenvalue weighted by atomic mass is 10.0. The largest absolute Gasteiger partial charge is 0.507 e. The van der Waals surface area contributed by atoms with Crippen LogP contribution in [0.1, 0.15) is 21.5 Å². The number of aryl methyl sites for hydroxylation is 1. The Hall–Kier alpha value is -2.63. The van der Waals surface area contributed by atoms with Crippen LogP contribution in [-0.4, -0.2) is 33.9 Å². The van der Waals surface area contributed by atoms with Gasteiger partial charge >= 0.3 is 6.09 Å². The Labute approximate surface area is 109 Å². The molecule has 0 aliphatic carbocycles. The minimum atomic E-state index is -0.687. The Balaban J connectivity index is 2.36. The van der Waals surface area contributed by atoms with Crippen LogP contribution in [0, 0.1) is 6.92 Å². The van der Waals surface area contributed by atoms with Crippen molar-refractivity contribution < 1.29 is 19.4 Å². The zero-order chi connectivity index (χ0) is 14.0. The van der Waals surface area contributed by atoms with Crippen LogP contribution in [0.5, 0.6) is 5.75 Å². The number of ether oxygens (including phenoxy) is 1. The predicted octanol–water partition coefficient (Wildman–Crippen LogP) is 1.74. The van der Waals surface area contributed by atoms with Crippen molar-refractivity contribution in [2.45, 2.75) is 6.92 Å². The van der Waals surface area contributed by atoms with Crippen molar-refractivity contribution in [3.63, 3.8) is 0 Å². The lowest BCUT2D eigenvalue weighted by Gasteiger charge is -2.03. The molecule has 0 saturated carbocycles. The summed E-state index contributed by atoms with van der Waals surface area (Å²) in [6.07, 6.45) is 1.82. The van der Waals surface area contributed by atoms with Crippen LogP contribution in [0.3, 0.4) is 0 Å². The van der Waals surface area contributed by atoms with E-state index in [4.69, 9.17) is 0 Å². The van der Waals surface area contributed by atoms with Crippen LogP contribution in [0.15, 0.2) is 30.6 Å². The Morgan fingerprint density at radius 2 is 2.11 bits per heavy atom. The lowest BCUT2D eigenvalue weighted by molar-refractivity contribution is 0.103. The summed E-state index contributed by atoms with van der Waals surface area (Å²) in [5, 5.41) is 13.4. The van der Waals surface area contributed by atoms with E-state index in [1.54, 1.807) is 12.1 Å².